The zero-order valence-electron chi connectivity index (χ0n) is 12.5. The van der Waals surface area contributed by atoms with Crippen molar-refractivity contribution in [1.29, 1.82) is 0 Å². The van der Waals surface area contributed by atoms with Crippen LogP contribution in [0, 0.1) is 5.92 Å². The molecule has 0 saturated heterocycles. The molecule has 1 rings (SSSR count). The van der Waals surface area contributed by atoms with Gasteiger partial charge in [-0.2, -0.15) is 0 Å². The van der Waals surface area contributed by atoms with E-state index in [1.54, 1.807) is 0 Å². The number of benzene rings is 1. The number of ether oxygens (including phenoxy) is 1. The molecule has 22 heavy (non-hydrogen) atoms. The van der Waals surface area contributed by atoms with Crippen molar-refractivity contribution in [3.05, 3.63) is 35.9 Å². The molecule has 0 spiro atoms. The van der Waals surface area contributed by atoms with Crippen LogP contribution in [0.4, 0.5) is 4.79 Å². The maximum Gasteiger partial charge on any atom is 0.408 e. The summed E-state index contributed by atoms with van der Waals surface area (Å²) in [7, 11) is 0. The van der Waals surface area contributed by atoms with Gasteiger partial charge in [0.1, 0.15) is 12.6 Å². The van der Waals surface area contributed by atoms with Crippen LogP contribution >= 0.6 is 0 Å². The van der Waals surface area contributed by atoms with Crippen molar-refractivity contribution in [2.75, 3.05) is 6.54 Å². The van der Waals surface area contributed by atoms with Crippen LogP contribution in [0.5, 0.6) is 0 Å². The Morgan fingerprint density at radius 2 is 1.82 bits per heavy atom. The van der Waals surface area contributed by atoms with Gasteiger partial charge < -0.3 is 20.5 Å². The van der Waals surface area contributed by atoms with Gasteiger partial charge >= 0.3 is 12.1 Å². The normalized spacial score (nSPS) is 12.8. The number of aliphatic carboxylic acids is 1. The number of nitrogens with one attached hydrogen (secondary N) is 2. The predicted octanol–water partition coefficient (Wildman–Crippen LogP) is 1.14. The first kappa shape index (κ1) is 17.5. The quantitative estimate of drug-likeness (QED) is 0.700. The fraction of sp³-hybridized carbons (Fsp3) is 0.400. The lowest BCUT2D eigenvalue weighted by Gasteiger charge is -2.15. The molecule has 0 heterocycles. The Morgan fingerprint density at radius 3 is 2.41 bits per heavy atom. The van der Waals surface area contributed by atoms with E-state index < -0.39 is 29.9 Å². The van der Waals surface area contributed by atoms with Crippen molar-refractivity contribution in [1.82, 2.24) is 10.6 Å². The highest BCUT2D eigenvalue weighted by atomic mass is 16.5. The second-order valence-electron chi connectivity index (χ2n) is 4.91. The van der Waals surface area contributed by atoms with Gasteiger partial charge in [-0.25, -0.2) is 4.79 Å². The van der Waals surface area contributed by atoms with Gasteiger partial charge in [0.25, 0.3) is 0 Å². The van der Waals surface area contributed by atoms with Gasteiger partial charge in [-0.3, -0.25) is 9.59 Å². The molecule has 0 saturated carbocycles. The summed E-state index contributed by atoms with van der Waals surface area (Å²) < 4.78 is 4.99. The minimum Gasteiger partial charge on any atom is -0.481 e. The van der Waals surface area contributed by atoms with Gasteiger partial charge in [-0.1, -0.05) is 37.3 Å². The molecular weight excluding hydrogens is 288 g/mol. The van der Waals surface area contributed by atoms with Crippen LogP contribution in [0.1, 0.15) is 19.4 Å². The number of carbonyl (C=O) groups excluding carboxylic acids is 2. The van der Waals surface area contributed by atoms with E-state index in [9.17, 15) is 14.4 Å². The molecule has 0 radical (unpaired) electrons. The van der Waals surface area contributed by atoms with Gasteiger partial charge in [0.05, 0.1) is 5.92 Å². The topological polar surface area (TPSA) is 105 Å². The summed E-state index contributed by atoms with van der Waals surface area (Å²) in [6.07, 6.45) is -0.710. The number of alkyl carbamates (subject to hydrolysis) is 1. The maximum absolute atomic E-state index is 11.7. The minimum absolute atomic E-state index is 0.000744. The van der Waals surface area contributed by atoms with E-state index in [2.05, 4.69) is 10.6 Å². The highest BCUT2D eigenvalue weighted by Crippen LogP contribution is 2.00. The van der Waals surface area contributed by atoms with Gasteiger partial charge in [-0.15, -0.1) is 0 Å². The predicted molar refractivity (Wildman–Crippen MR) is 79.0 cm³/mol. The zero-order valence-corrected chi connectivity index (χ0v) is 12.5. The molecule has 120 valence electrons. The minimum atomic E-state index is -0.997. The number of carboxylic acids is 1. The Balaban J connectivity index is 2.31. The van der Waals surface area contributed by atoms with Gasteiger partial charge in [-0.05, 0) is 12.5 Å². The lowest BCUT2D eigenvalue weighted by Crippen LogP contribution is -2.46. The number of rotatable bonds is 7. The Bertz CT molecular complexity index is 518. The first-order chi connectivity index (χ1) is 10.4. The molecule has 0 aliphatic rings. The monoisotopic (exact) mass is 308 g/mol. The van der Waals surface area contributed by atoms with Crippen LogP contribution in [0.2, 0.25) is 0 Å². The van der Waals surface area contributed by atoms with Crippen molar-refractivity contribution in [2.24, 2.45) is 5.92 Å². The van der Waals surface area contributed by atoms with Gasteiger partial charge in [0.15, 0.2) is 0 Å². The van der Waals surface area contributed by atoms with Crippen molar-refractivity contribution in [3.8, 4) is 0 Å². The second kappa shape index (κ2) is 8.66. The standard InChI is InChI=1S/C15H20N2O5/c1-10(14(19)20)8-16-13(18)11(2)17-15(21)22-9-12-6-4-3-5-7-12/h3-7,10-11H,8-9H2,1-2H3,(H,16,18)(H,17,21)(H,19,20). The zero-order chi connectivity index (χ0) is 16.5. The summed E-state index contributed by atoms with van der Waals surface area (Å²) in [6.45, 7) is 3.08. The lowest BCUT2D eigenvalue weighted by molar-refractivity contribution is -0.141. The van der Waals surface area contributed by atoms with Crippen LogP contribution in [0.15, 0.2) is 30.3 Å². The van der Waals surface area contributed by atoms with Crippen molar-refractivity contribution in [2.45, 2.75) is 26.5 Å². The third-order valence-electron chi connectivity index (χ3n) is 2.94. The third kappa shape index (κ3) is 6.25. The number of carboxylic acid groups (broad SMARTS) is 1. The highest BCUT2D eigenvalue weighted by Gasteiger charge is 2.18. The highest BCUT2D eigenvalue weighted by molar-refractivity contribution is 5.85. The van der Waals surface area contributed by atoms with Crippen LogP contribution in [0.3, 0.4) is 0 Å². The summed E-state index contributed by atoms with van der Waals surface area (Å²) >= 11 is 0. The molecule has 2 atom stereocenters. The van der Waals surface area contributed by atoms with Crippen LogP contribution in [-0.4, -0.2) is 35.7 Å². The molecule has 3 N–H and O–H groups in total. The molecule has 7 nitrogen and oxygen atoms in total. The number of amides is 2. The SMILES string of the molecule is CC(CNC(=O)C(C)NC(=O)OCc1ccccc1)C(=O)O. The first-order valence-electron chi connectivity index (χ1n) is 6.88. The molecule has 0 fully saturated rings. The average molecular weight is 308 g/mol. The molecule has 1 aromatic rings. The Kier molecular flexibility index (Phi) is 6.88. The van der Waals surface area contributed by atoms with Crippen LogP contribution < -0.4 is 10.6 Å². The fourth-order valence-electron chi connectivity index (χ4n) is 1.50. The Labute approximate surface area is 128 Å². The third-order valence-corrected chi connectivity index (χ3v) is 2.94. The molecule has 0 aliphatic carbocycles. The second-order valence-corrected chi connectivity index (χ2v) is 4.91. The van der Waals surface area contributed by atoms with Crippen LogP contribution in [-0.2, 0) is 20.9 Å². The maximum atomic E-state index is 11.7. The van der Waals surface area contributed by atoms with Crippen LogP contribution in [0.25, 0.3) is 0 Å². The summed E-state index contributed by atoms with van der Waals surface area (Å²) in [5.41, 5.74) is 0.838. The summed E-state index contributed by atoms with van der Waals surface area (Å²) in [6, 6.07) is 8.33. The van der Waals surface area contributed by atoms with E-state index >= 15 is 0 Å². The van der Waals surface area contributed by atoms with E-state index in [0.29, 0.717) is 0 Å². The molecule has 2 amide bonds. The molecule has 0 bridgehead atoms. The molecule has 1 aromatic carbocycles. The lowest BCUT2D eigenvalue weighted by atomic mass is 10.2. The molecule has 0 aromatic heterocycles. The van der Waals surface area contributed by atoms with E-state index in [-0.39, 0.29) is 13.2 Å². The van der Waals surface area contributed by atoms with Crippen molar-refractivity contribution >= 4 is 18.0 Å². The average Bonchev–Trinajstić information content (AvgIpc) is 2.51. The summed E-state index contributed by atoms with van der Waals surface area (Å²) in [4.78, 5) is 33.9. The molecule has 0 aliphatic heterocycles. The van der Waals surface area contributed by atoms with E-state index in [0.717, 1.165) is 5.56 Å². The summed E-state index contributed by atoms with van der Waals surface area (Å²) in [5.74, 6) is -2.16. The number of hydrogen-bond acceptors (Lipinski definition) is 4. The van der Waals surface area contributed by atoms with E-state index in [1.807, 2.05) is 30.3 Å². The number of hydrogen-bond donors (Lipinski definition) is 3. The Hall–Kier alpha value is -2.57. The number of carbonyl (C=O) groups is 3. The summed E-state index contributed by atoms with van der Waals surface area (Å²) in [5, 5.41) is 13.6. The molecule has 2 unspecified atom stereocenters. The smallest absolute Gasteiger partial charge is 0.408 e. The van der Waals surface area contributed by atoms with Gasteiger partial charge in [0, 0.05) is 6.54 Å². The fourth-order valence-corrected chi connectivity index (χ4v) is 1.50. The van der Waals surface area contributed by atoms with E-state index in [1.165, 1.54) is 13.8 Å². The van der Waals surface area contributed by atoms with E-state index in [4.69, 9.17) is 9.84 Å². The molecule has 7 heteroatoms. The molecular formula is C15H20N2O5. The Morgan fingerprint density at radius 1 is 1.18 bits per heavy atom. The largest absolute Gasteiger partial charge is 0.481 e. The van der Waals surface area contributed by atoms with Crippen molar-refractivity contribution in [3.63, 3.8) is 0 Å². The first-order valence-corrected chi connectivity index (χ1v) is 6.88. The van der Waals surface area contributed by atoms with Gasteiger partial charge in [0.2, 0.25) is 5.91 Å². The van der Waals surface area contributed by atoms with Crippen molar-refractivity contribution < 1.29 is 24.2 Å².